The van der Waals surface area contributed by atoms with E-state index >= 15 is 0 Å². The lowest BCUT2D eigenvalue weighted by Crippen LogP contribution is -2.12. The molecule has 0 saturated carbocycles. The maximum absolute atomic E-state index is 5.64. The van der Waals surface area contributed by atoms with E-state index in [-0.39, 0.29) is 0 Å². The number of hydrogen-bond acceptors (Lipinski definition) is 1. The molecule has 2 N–H and O–H groups in total. The van der Waals surface area contributed by atoms with Gasteiger partial charge in [-0.05, 0) is 35.6 Å². The molecule has 0 fully saturated rings. The zero-order chi connectivity index (χ0) is 12.1. The molecule has 0 aliphatic carbocycles. The first-order chi connectivity index (χ1) is 8.29. The number of benzene rings is 2. The van der Waals surface area contributed by atoms with E-state index in [1.807, 2.05) is 6.07 Å². The Labute approximate surface area is 103 Å². The zero-order valence-electron chi connectivity index (χ0n) is 10.3. The van der Waals surface area contributed by atoms with E-state index in [1.54, 1.807) is 0 Å². The second-order valence-electron chi connectivity index (χ2n) is 4.61. The van der Waals surface area contributed by atoms with Crippen molar-refractivity contribution in [3.63, 3.8) is 0 Å². The molecular formula is C16H19N. The SMILES string of the molecule is CC(CN)Cc1ccc(-c2ccccc2)cc1. The van der Waals surface area contributed by atoms with Gasteiger partial charge in [-0.1, -0.05) is 61.5 Å². The number of rotatable bonds is 4. The highest BCUT2D eigenvalue weighted by Gasteiger charge is 2.02. The van der Waals surface area contributed by atoms with Crippen LogP contribution in [0.25, 0.3) is 11.1 Å². The van der Waals surface area contributed by atoms with Crippen LogP contribution in [0.3, 0.4) is 0 Å². The van der Waals surface area contributed by atoms with Crippen molar-refractivity contribution in [3.8, 4) is 11.1 Å². The van der Waals surface area contributed by atoms with E-state index in [1.165, 1.54) is 16.7 Å². The molecule has 0 aliphatic heterocycles. The summed E-state index contributed by atoms with van der Waals surface area (Å²) in [7, 11) is 0. The minimum Gasteiger partial charge on any atom is -0.330 e. The molecule has 88 valence electrons. The molecule has 0 saturated heterocycles. The fourth-order valence-electron chi connectivity index (χ4n) is 1.95. The van der Waals surface area contributed by atoms with Crippen LogP contribution in [0, 0.1) is 5.92 Å². The fourth-order valence-corrected chi connectivity index (χ4v) is 1.95. The Kier molecular flexibility index (Phi) is 3.94. The third-order valence-corrected chi connectivity index (χ3v) is 3.05. The van der Waals surface area contributed by atoms with E-state index < -0.39 is 0 Å². The van der Waals surface area contributed by atoms with Gasteiger partial charge in [0.25, 0.3) is 0 Å². The first-order valence-electron chi connectivity index (χ1n) is 6.14. The van der Waals surface area contributed by atoms with Gasteiger partial charge in [0.1, 0.15) is 0 Å². The lowest BCUT2D eigenvalue weighted by atomic mass is 9.98. The van der Waals surface area contributed by atoms with Gasteiger partial charge in [0.2, 0.25) is 0 Å². The van der Waals surface area contributed by atoms with Crippen LogP contribution in [0.1, 0.15) is 12.5 Å². The molecule has 2 aromatic carbocycles. The Morgan fingerprint density at radius 1 is 0.882 bits per heavy atom. The van der Waals surface area contributed by atoms with Gasteiger partial charge < -0.3 is 5.73 Å². The van der Waals surface area contributed by atoms with Crippen LogP contribution in [0.5, 0.6) is 0 Å². The van der Waals surface area contributed by atoms with Crippen LogP contribution in [0.15, 0.2) is 54.6 Å². The monoisotopic (exact) mass is 225 g/mol. The van der Waals surface area contributed by atoms with E-state index in [9.17, 15) is 0 Å². The van der Waals surface area contributed by atoms with Crippen LogP contribution in [0.4, 0.5) is 0 Å². The summed E-state index contributed by atoms with van der Waals surface area (Å²) in [5.41, 5.74) is 9.55. The van der Waals surface area contributed by atoms with Crippen molar-refractivity contribution >= 4 is 0 Å². The maximum atomic E-state index is 5.64. The fraction of sp³-hybridized carbons (Fsp3) is 0.250. The van der Waals surface area contributed by atoms with Crippen molar-refractivity contribution in [1.29, 1.82) is 0 Å². The molecule has 1 nitrogen and oxygen atoms in total. The van der Waals surface area contributed by atoms with Gasteiger partial charge in [-0.25, -0.2) is 0 Å². The minimum atomic E-state index is 0.553. The lowest BCUT2D eigenvalue weighted by molar-refractivity contribution is 0.593. The lowest BCUT2D eigenvalue weighted by Gasteiger charge is -2.09. The molecule has 0 aromatic heterocycles. The summed E-state index contributed by atoms with van der Waals surface area (Å²) in [6.07, 6.45) is 1.06. The van der Waals surface area contributed by atoms with Gasteiger partial charge in [0.05, 0.1) is 0 Å². The Morgan fingerprint density at radius 3 is 2.06 bits per heavy atom. The average Bonchev–Trinajstić information content (AvgIpc) is 2.40. The molecule has 1 unspecified atom stereocenters. The highest BCUT2D eigenvalue weighted by molar-refractivity contribution is 5.63. The highest BCUT2D eigenvalue weighted by atomic mass is 14.5. The molecule has 0 spiro atoms. The molecule has 17 heavy (non-hydrogen) atoms. The third kappa shape index (κ3) is 3.18. The predicted octanol–water partition coefficient (Wildman–Crippen LogP) is 3.49. The molecule has 1 atom stereocenters. The average molecular weight is 225 g/mol. The first-order valence-corrected chi connectivity index (χ1v) is 6.14. The summed E-state index contributed by atoms with van der Waals surface area (Å²) >= 11 is 0. The van der Waals surface area contributed by atoms with E-state index in [0.717, 1.165) is 13.0 Å². The second-order valence-corrected chi connectivity index (χ2v) is 4.61. The quantitative estimate of drug-likeness (QED) is 0.847. The van der Waals surface area contributed by atoms with Crippen molar-refractivity contribution in [2.75, 3.05) is 6.54 Å². The predicted molar refractivity (Wildman–Crippen MR) is 73.8 cm³/mol. The summed E-state index contributed by atoms with van der Waals surface area (Å²) in [5.74, 6) is 0.553. The van der Waals surface area contributed by atoms with E-state index in [4.69, 9.17) is 5.73 Å². The van der Waals surface area contributed by atoms with Crippen LogP contribution >= 0.6 is 0 Å². The van der Waals surface area contributed by atoms with Crippen molar-refractivity contribution in [3.05, 3.63) is 60.2 Å². The van der Waals surface area contributed by atoms with Crippen molar-refractivity contribution in [2.24, 2.45) is 11.7 Å². The Hall–Kier alpha value is -1.60. The topological polar surface area (TPSA) is 26.0 Å². The molecule has 0 aliphatic rings. The highest BCUT2D eigenvalue weighted by Crippen LogP contribution is 2.20. The molecule has 1 heteroatoms. The molecular weight excluding hydrogens is 206 g/mol. The van der Waals surface area contributed by atoms with Crippen molar-refractivity contribution in [1.82, 2.24) is 0 Å². The largest absolute Gasteiger partial charge is 0.330 e. The maximum Gasteiger partial charge on any atom is -0.00483 e. The summed E-state index contributed by atoms with van der Waals surface area (Å²) in [5, 5.41) is 0. The number of nitrogens with two attached hydrogens (primary N) is 1. The van der Waals surface area contributed by atoms with Crippen LogP contribution < -0.4 is 5.73 Å². The molecule has 2 rings (SSSR count). The van der Waals surface area contributed by atoms with Crippen LogP contribution in [-0.2, 0) is 6.42 Å². The molecule has 0 bridgehead atoms. The van der Waals surface area contributed by atoms with Crippen LogP contribution in [0.2, 0.25) is 0 Å². The summed E-state index contributed by atoms with van der Waals surface area (Å²) in [4.78, 5) is 0. The minimum absolute atomic E-state index is 0.553. The normalized spacial score (nSPS) is 12.4. The third-order valence-electron chi connectivity index (χ3n) is 3.05. The molecule has 0 heterocycles. The molecule has 0 amide bonds. The van der Waals surface area contributed by atoms with Crippen LogP contribution in [-0.4, -0.2) is 6.54 Å². The summed E-state index contributed by atoms with van der Waals surface area (Å²) in [6.45, 7) is 2.94. The zero-order valence-corrected chi connectivity index (χ0v) is 10.3. The molecule has 0 radical (unpaired) electrons. The van der Waals surface area contributed by atoms with Crippen molar-refractivity contribution in [2.45, 2.75) is 13.3 Å². The van der Waals surface area contributed by atoms with Crippen molar-refractivity contribution < 1.29 is 0 Å². The first kappa shape index (κ1) is 11.9. The van der Waals surface area contributed by atoms with E-state index in [2.05, 4.69) is 55.5 Å². The second kappa shape index (κ2) is 5.65. The van der Waals surface area contributed by atoms with E-state index in [0.29, 0.717) is 5.92 Å². The Bertz CT molecular complexity index is 445. The van der Waals surface area contributed by atoms with Gasteiger partial charge in [-0.15, -0.1) is 0 Å². The van der Waals surface area contributed by atoms with Gasteiger partial charge in [-0.3, -0.25) is 0 Å². The smallest absolute Gasteiger partial charge is 0.00483 e. The number of hydrogen-bond donors (Lipinski definition) is 1. The standard InChI is InChI=1S/C16H19N/c1-13(12-17)11-14-7-9-16(10-8-14)15-5-3-2-4-6-15/h2-10,13H,11-12,17H2,1H3. The molecule has 2 aromatic rings. The van der Waals surface area contributed by atoms with Gasteiger partial charge in [-0.2, -0.15) is 0 Å². The van der Waals surface area contributed by atoms with Gasteiger partial charge >= 0.3 is 0 Å². The Morgan fingerprint density at radius 2 is 1.47 bits per heavy atom. The Balaban J connectivity index is 2.13. The van der Waals surface area contributed by atoms with Gasteiger partial charge in [0, 0.05) is 0 Å². The summed E-state index contributed by atoms with van der Waals surface area (Å²) < 4.78 is 0. The summed E-state index contributed by atoms with van der Waals surface area (Å²) in [6, 6.07) is 19.2. The van der Waals surface area contributed by atoms with Gasteiger partial charge in [0.15, 0.2) is 0 Å².